The molecule has 0 fully saturated rings. The molecule has 0 aliphatic carbocycles. The summed E-state index contributed by atoms with van der Waals surface area (Å²) in [6, 6.07) is 10.6. The first-order valence-electron chi connectivity index (χ1n) is 11.7. The molecule has 0 aromatic heterocycles. The zero-order valence-electron chi connectivity index (χ0n) is 21.3. The van der Waals surface area contributed by atoms with Crippen LogP contribution in [0.15, 0.2) is 42.5 Å². The summed E-state index contributed by atoms with van der Waals surface area (Å²) in [5, 5.41) is 2.79. The maximum absolute atomic E-state index is 14.3. The molecule has 192 valence electrons. The van der Waals surface area contributed by atoms with Crippen LogP contribution in [-0.4, -0.2) is 50.0 Å². The molecule has 0 saturated carbocycles. The molecule has 7 nitrogen and oxygen atoms in total. The molecule has 2 rings (SSSR count). The van der Waals surface area contributed by atoms with Gasteiger partial charge in [-0.3, -0.25) is 13.9 Å². The molecule has 0 bridgehead atoms. The normalized spacial score (nSPS) is 12.3. The third-order valence-electron chi connectivity index (χ3n) is 5.83. The highest BCUT2D eigenvalue weighted by atomic mass is 32.2. The summed E-state index contributed by atoms with van der Waals surface area (Å²) in [7, 11) is -3.57. The smallest absolute Gasteiger partial charge is 0.242 e. The van der Waals surface area contributed by atoms with Crippen LogP contribution in [0.1, 0.15) is 50.3 Å². The fourth-order valence-electron chi connectivity index (χ4n) is 3.68. The number of carbonyl (C=O) groups excluding carboxylic acids is 2. The van der Waals surface area contributed by atoms with Crippen LogP contribution in [0.25, 0.3) is 0 Å². The zero-order valence-corrected chi connectivity index (χ0v) is 22.2. The van der Waals surface area contributed by atoms with E-state index in [1.807, 2.05) is 33.8 Å². The van der Waals surface area contributed by atoms with Gasteiger partial charge in [-0.1, -0.05) is 24.3 Å². The third-order valence-corrected chi connectivity index (χ3v) is 7.02. The molecule has 0 unspecified atom stereocenters. The van der Waals surface area contributed by atoms with E-state index in [0.29, 0.717) is 11.3 Å². The molecule has 0 heterocycles. The second kappa shape index (κ2) is 12.2. The number of hydrogen-bond acceptors (Lipinski definition) is 4. The number of benzene rings is 2. The molecule has 1 N–H and O–H groups in total. The van der Waals surface area contributed by atoms with Gasteiger partial charge in [0.15, 0.2) is 0 Å². The Morgan fingerprint density at radius 3 is 2.26 bits per heavy atom. The van der Waals surface area contributed by atoms with Gasteiger partial charge in [0, 0.05) is 31.1 Å². The van der Waals surface area contributed by atoms with Gasteiger partial charge in [0.05, 0.1) is 11.9 Å². The van der Waals surface area contributed by atoms with Gasteiger partial charge in [-0.15, -0.1) is 0 Å². The van der Waals surface area contributed by atoms with Gasteiger partial charge < -0.3 is 10.2 Å². The van der Waals surface area contributed by atoms with Crippen molar-refractivity contribution in [1.29, 1.82) is 0 Å². The second-order valence-electron chi connectivity index (χ2n) is 9.16. The SMILES string of the molecule is Cc1ccc(N(CCCC(=O)N(Cc2ccccc2F)[C@H](C)C(=O)NC(C)C)S(C)(=O)=O)cc1C. The lowest BCUT2D eigenvalue weighted by Gasteiger charge is -2.30. The zero-order chi connectivity index (χ0) is 26.3. The minimum absolute atomic E-state index is 0.00458. The fourth-order valence-corrected chi connectivity index (χ4v) is 4.64. The quantitative estimate of drug-likeness (QED) is 0.501. The molecule has 0 spiro atoms. The van der Waals surface area contributed by atoms with Crippen molar-refractivity contribution in [2.75, 3.05) is 17.1 Å². The molecule has 0 radical (unpaired) electrons. The van der Waals surface area contributed by atoms with Crippen molar-refractivity contribution >= 4 is 27.5 Å². The number of sulfonamides is 1. The Morgan fingerprint density at radius 2 is 1.69 bits per heavy atom. The average Bonchev–Trinajstić information content (AvgIpc) is 2.76. The molecule has 2 aromatic carbocycles. The van der Waals surface area contributed by atoms with Crippen molar-refractivity contribution < 1.29 is 22.4 Å². The van der Waals surface area contributed by atoms with E-state index in [0.717, 1.165) is 17.4 Å². The molecular weight excluding hydrogens is 469 g/mol. The number of halogens is 1. The molecule has 0 aliphatic rings. The third kappa shape index (κ3) is 8.06. The van der Waals surface area contributed by atoms with E-state index < -0.39 is 21.9 Å². The maximum Gasteiger partial charge on any atom is 0.242 e. The van der Waals surface area contributed by atoms with Gasteiger partial charge in [-0.25, -0.2) is 12.8 Å². The van der Waals surface area contributed by atoms with Gasteiger partial charge in [0.25, 0.3) is 0 Å². The number of nitrogens with one attached hydrogen (secondary N) is 1. The molecule has 9 heteroatoms. The number of rotatable bonds is 11. The first-order valence-corrected chi connectivity index (χ1v) is 13.5. The molecule has 2 aromatic rings. The Balaban J connectivity index is 2.20. The number of anilines is 1. The first-order chi connectivity index (χ1) is 16.3. The molecule has 0 aliphatic heterocycles. The van der Waals surface area contributed by atoms with Crippen molar-refractivity contribution in [2.24, 2.45) is 0 Å². The lowest BCUT2D eigenvalue weighted by atomic mass is 10.1. The molecule has 35 heavy (non-hydrogen) atoms. The van der Waals surface area contributed by atoms with E-state index >= 15 is 0 Å². The van der Waals surface area contributed by atoms with E-state index in [1.54, 1.807) is 37.3 Å². The number of nitrogens with zero attached hydrogens (tertiary/aromatic N) is 2. The van der Waals surface area contributed by atoms with Crippen LogP contribution in [-0.2, 0) is 26.2 Å². The summed E-state index contributed by atoms with van der Waals surface area (Å²) < 4.78 is 40.5. The largest absolute Gasteiger partial charge is 0.352 e. The second-order valence-corrected chi connectivity index (χ2v) is 11.1. The van der Waals surface area contributed by atoms with E-state index in [2.05, 4.69) is 5.32 Å². The highest BCUT2D eigenvalue weighted by Gasteiger charge is 2.27. The average molecular weight is 506 g/mol. The van der Waals surface area contributed by atoms with Gasteiger partial charge in [-0.2, -0.15) is 0 Å². The minimum atomic E-state index is -3.57. The minimum Gasteiger partial charge on any atom is -0.352 e. The van der Waals surface area contributed by atoms with E-state index in [1.165, 1.54) is 15.3 Å². The number of hydrogen-bond donors (Lipinski definition) is 1. The molecule has 0 saturated heterocycles. The van der Waals surface area contributed by atoms with Crippen LogP contribution < -0.4 is 9.62 Å². The highest BCUT2D eigenvalue weighted by Crippen LogP contribution is 2.22. The van der Waals surface area contributed by atoms with Crippen molar-refractivity contribution in [3.05, 3.63) is 65.0 Å². The van der Waals surface area contributed by atoms with Crippen LogP contribution in [0.5, 0.6) is 0 Å². The Bertz CT molecular complexity index is 1150. The Morgan fingerprint density at radius 1 is 1.03 bits per heavy atom. The summed E-state index contributed by atoms with van der Waals surface area (Å²) in [6.45, 7) is 9.14. The predicted molar refractivity (Wildman–Crippen MR) is 137 cm³/mol. The monoisotopic (exact) mass is 505 g/mol. The number of carbonyl (C=O) groups is 2. The van der Waals surface area contributed by atoms with E-state index in [9.17, 15) is 22.4 Å². The maximum atomic E-state index is 14.3. The topological polar surface area (TPSA) is 86.8 Å². The summed E-state index contributed by atoms with van der Waals surface area (Å²) in [6.07, 6.45) is 1.38. The highest BCUT2D eigenvalue weighted by molar-refractivity contribution is 7.92. The van der Waals surface area contributed by atoms with Crippen LogP contribution in [0.2, 0.25) is 0 Å². The standard InChI is InChI=1S/C26H36FN3O4S/c1-18(2)28-26(32)21(5)29(17-22-10-7-8-11-24(22)27)25(31)12-9-15-30(35(6,33)34)23-14-13-19(3)20(4)16-23/h7-8,10-11,13-14,16,18,21H,9,12,15,17H2,1-6H3,(H,28,32)/t21-/m1/s1. The van der Waals surface area contributed by atoms with Crippen molar-refractivity contribution in [2.45, 2.75) is 66.1 Å². The van der Waals surface area contributed by atoms with Crippen LogP contribution in [0.3, 0.4) is 0 Å². The van der Waals surface area contributed by atoms with Crippen LogP contribution >= 0.6 is 0 Å². The van der Waals surface area contributed by atoms with Crippen molar-refractivity contribution in [3.63, 3.8) is 0 Å². The van der Waals surface area contributed by atoms with Gasteiger partial charge in [0.1, 0.15) is 11.9 Å². The first kappa shape index (κ1) is 28.3. The van der Waals surface area contributed by atoms with Crippen LogP contribution in [0, 0.1) is 19.7 Å². The summed E-state index contributed by atoms with van der Waals surface area (Å²) in [4.78, 5) is 27.2. The Hall–Kier alpha value is -2.94. The molecule has 1 atom stereocenters. The number of amides is 2. The summed E-state index contributed by atoms with van der Waals surface area (Å²) in [5.41, 5.74) is 2.86. The van der Waals surface area contributed by atoms with Gasteiger partial charge in [0.2, 0.25) is 21.8 Å². The van der Waals surface area contributed by atoms with E-state index in [-0.39, 0.29) is 43.8 Å². The molecule has 2 amide bonds. The Labute approximate surface area is 208 Å². The van der Waals surface area contributed by atoms with Crippen molar-refractivity contribution in [3.8, 4) is 0 Å². The van der Waals surface area contributed by atoms with Crippen LogP contribution in [0.4, 0.5) is 10.1 Å². The van der Waals surface area contributed by atoms with E-state index in [4.69, 9.17) is 0 Å². The fraction of sp³-hybridized carbons (Fsp3) is 0.462. The summed E-state index contributed by atoms with van der Waals surface area (Å²) >= 11 is 0. The van der Waals surface area contributed by atoms with Gasteiger partial charge in [-0.05, 0) is 70.4 Å². The lowest BCUT2D eigenvalue weighted by Crippen LogP contribution is -2.49. The number of aryl methyl sites for hydroxylation is 2. The summed E-state index contributed by atoms with van der Waals surface area (Å²) in [5.74, 6) is -1.15. The molecular formula is C26H36FN3O4S. The Kier molecular flexibility index (Phi) is 9.82. The predicted octanol–water partition coefficient (Wildman–Crippen LogP) is 3.93. The lowest BCUT2D eigenvalue weighted by molar-refractivity contribution is -0.140. The van der Waals surface area contributed by atoms with Gasteiger partial charge >= 0.3 is 0 Å². The van der Waals surface area contributed by atoms with Crippen molar-refractivity contribution in [1.82, 2.24) is 10.2 Å².